The van der Waals surface area contributed by atoms with Gasteiger partial charge in [0.1, 0.15) is 24.9 Å². The molecule has 0 amide bonds. The van der Waals surface area contributed by atoms with Crippen molar-refractivity contribution in [2.45, 2.75) is 77.5 Å². The molecule has 0 unspecified atom stereocenters. The fraction of sp³-hybridized carbons (Fsp3) is 0.875. The molecule has 2 aliphatic rings. The topological polar surface area (TPSA) is 89.5 Å². The first-order valence-electron chi connectivity index (χ1n) is 7.97. The molecule has 2 saturated heterocycles. The van der Waals surface area contributed by atoms with Crippen LogP contribution in [0, 0.1) is 0 Å². The van der Waals surface area contributed by atoms with E-state index in [0.717, 1.165) is 0 Å². The van der Waals surface area contributed by atoms with Gasteiger partial charge in [-0.05, 0) is 27.7 Å². The number of carbonyl (C=O) groups excluding carboxylic acids is 2. The summed E-state index contributed by atoms with van der Waals surface area (Å²) in [6.45, 7) is 9.93. The lowest BCUT2D eigenvalue weighted by Gasteiger charge is -2.28. The summed E-state index contributed by atoms with van der Waals surface area (Å²) in [5.74, 6) is -2.58. The Morgan fingerprint density at radius 1 is 1.04 bits per heavy atom. The summed E-state index contributed by atoms with van der Waals surface area (Å²) in [7, 11) is 0. The zero-order valence-electron chi connectivity index (χ0n) is 15.0. The lowest BCUT2D eigenvalue weighted by atomic mass is 10.0. The highest BCUT2D eigenvalue weighted by Crippen LogP contribution is 2.37. The highest BCUT2D eigenvalue weighted by atomic mass is 16.8. The summed E-state index contributed by atoms with van der Waals surface area (Å²) < 4.78 is 33.6. The number of hydrogen-bond donors (Lipinski definition) is 0. The van der Waals surface area contributed by atoms with Gasteiger partial charge in [-0.3, -0.25) is 9.59 Å². The van der Waals surface area contributed by atoms with E-state index in [1.54, 1.807) is 13.8 Å². The maximum atomic E-state index is 11.4. The molecule has 4 atom stereocenters. The van der Waals surface area contributed by atoms with E-state index < -0.39 is 41.8 Å². The lowest BCUT2D eigenvalue weighted by Crippen LogP contribution is -2.47. The predicted molar refractivity (Wildman–Crippen MR) is 80.9 cm³/mol. The number of carbonyl (C=O) groups is 2. The number of esters is 2. The molecule has 24 heavy (non-hydrogen) atoms. The molecule has 2 aliphatic heterocycles. The Kier molecular flexibility index (Phi) is 5.54. The maximum Gasteiger partial charge on any atom is 0.303 e. The summed E-state index contributed by atoms with van der Waals surface area (Å²) in [4.78, 5) is 22.6. The third-order valence-electron chi connectivity index (χ3n) is 3.70. The van der Waals surface area contributed by atoms with Crippen LogP contribution in [0.4, 0.5) is 0 Å². The molecule has 0 aromatic rings. The second kappa shape index (κ2) is 6.95. The van der Waals surface area contributed by atoms with Crippen LogP contribution >= 0.6 is 0 Å². The van der Waals surface area contributed by atoms with Crippen molar-refractivity contribution in [1.29, 1.82) is 0 Å². The van der Waals surface area contributed by atoms with Crippen molar-refractivity contribution < 1.29 is 38.0 Å². The molecular weight excluding hydrogens is 320 g/mol. The molecule has 8 nitrogen and oxygen atoms in total. The van der Waals surface area contributed by atoms with Crippen molar-refractivity contribution >= 4 is 11.9 Å². The van der Waals surface area contributed by atoms with Crippen LogP contribution in [0.15, 0.2) is 0 Å². The molecule has 8 heteroatoms. The van der Waals surface area contributed by atoms with Crippen LogP contribution in [0.1, 0.15) is 41.5 Å². The standard InChI is InChI=1S/C16H26O8/c1-9(17)19-7-11(21-10(2)18)13-14(24-16(5,6)23-13)12-8-20-15(3,4)22-12/h11-14H,7-8H2,1-6H3/t11-,12+,13-,14-/m0/s1. The number of hydrogen-bond acceptors (Lipinski definition) is 8. The number of ether oxygens (including phenoxy) is 6. The SMILES string of the molecule is CC(=O)OC[C@H](OC(C)=O)[C@@H]1OC(C)(C)O[C@H]1[C@H]1COC(C)(C)O1. The summed E-state index contributed by atoms with van der Waals surface area (Å²) in [5.41, 5.74) is 0. The van der Waals surface area contributed by atoms with Crippen LogP contribution in [0.2, 0.25) is 0 Å². The van der Waals surface area contributed by atoms with Gasteiger partial charge >= 0.3 is 11.9 Å². The third-order valence-corrected chi connectivity index (χ3v) is 3.70. The summed E-state index contributed by atoms with van der Waals surface area (Å²) in [6.07, 6.45) is -2.36. The van der Waals surface area contributed by atoms with Gasteiger partial charge < -0.3 is 28.4 Å². The first-order chi connectivity index (χ1) is 11.0. The van der Waals surface area contributed by atoms with Crippen molar-refractivity contribution in [3.05, 3.63) is 0 Å². The fourth-order valence-electron chi connectivity index (χ4n) is 2.88. The molecule has 0 saturated carbocycles. The van der Waals surface area contributed by atoms with Crippen molar-refractivity contribution in [3.63, 3.8) is 0 Å². The van der Waals surface area contributed by atoms with Crippen LogP contribution in [-0.2, 0) is 38.0 Å². The molecule has 0 aromatic carbocycles. The molecule has 0 aromatic heterocycles. The van der Waals surface area contributed by atoms with E-state index in [2.05, 4.69) is 0 Å². The quantitative estimate of drug-likeness (QED) is 0.685. The average Bonchev–Trinajstić information content (AvgIpc) is 2.93. The van der Waals surface area contributed by atoms with Gasteiger partial charge in [0.25, 0.3) is 0 Å². The molecule has 0 radical (unpaired) electrons. The highest BCUT2D eigenvalue weighted by molar-refractivity contribution is 5.67. The van der Waals surface area contributed by atoms with Gasteiger partial charge in [0, 0.05) is 13.8 Å². The van der Waals surface area contributed by atoms with E-state index in [0.29, 0.717) is 6.61 Å². The Hall–Kier alpha value is -1.22. The fourth-order valence-corrected chi connectivity index (χ4v) is 2.88. The van der Waals surface area contributed by atoms with E-state index >= 15 is 0 Å². The Morgan fingerprint density at radius 2 is 1.71 bits per heavy atom. The normalized spacial score (nSPS) is 32.3. The maximum absolute atomic E-state index is 11.4. The Morgan fingerprint density at radius 3 is 2.21 bits per heavy atom. The molecule has 2 heterocycles. The zero-order valence-corrected chi connectivity index (χ0v) is 15.0. The van der Waals surface area contributed by atoms with Crippen LogP contribution in [0.25, 0.3) is 0 Å². The first-order valence-corrected chi connectivity index (χ1v) is 7.97. The van der Waals surface area contributed by atoms with Gasteiger partial charge in [-0.2, -0.15) is 0 Å². The van der Waals surface area contributed by atoms with Crippen molar-refractivity contribution in [3.8, 4) is 0 Å². The molecule has 2 rings (SSSR count). The third kappa shape index (κ3) is 4.89. The van der Waals surface area contributed by atoms with Gasteiger partial charge in [0.2, 0.25) is 0 Å². The van der Waals surface area contributed by atoms with Gasteiger partial charge in [0.15, 0.2) is 17.7 Å². The summed E-state index contributed by atoms with van der Waals surface area (Å²) >= 11 is 0. The number of rotatable bonds is 5. The first kappa shape index (κ1) is 19.1. The minimum absolute atomic E-state index is 0.119. The predicted octanol–water partition coefficient (Wildman–Crippen LogP) is 1.15. The minimum atomic E-state index is -0.889. The second-order valence-electron chi connectivity index (χ2n) is 6.88. The minimum Gasteiger partial charge on any atom is -0.462 e. The van der Waals surface area contributed by atoms with E-state index in [-0.39, 0.29) is 12.7 Å². The molecular formula is C16H26O8. The van der Waals surface area contributed by atoms with E-state index in [4.69, 9.17) is 28.4 Å². The van der Waals surface area contributed by atoms with E-state index in [1.165, 1.54) is 13.8 Å². The van der Waals surface area contributed by atoms with Crippen molar-refractivity contribution in [2.24, 2.45) is 0 Å². The highest BCUT2D eigenvalue weighted by Gasteiger charge is 2.53. The van der Waals surface area contributed by atoms with Gasteiger partial charge in [0.05, 0.1) is 6.61 Å². The van der Waals surface area contributed by atoms with Gasteiger partial charge in [-0.15, -0.1) is 0 Å². The smallest absolute Gasteiger partial charge is 0.303 e. The molecule has 0 aliphatic carbocycles. The Balaban J connectivity index is 2.17. The van der Waals surface area contributed by atoms with E-state index in [9.17, 15) is 9.59 Å². The van der Waals surface area contributed by atoms with Gasteiger partial charge in [-0.25, -0.2) is 0 Å². The zero-order chi connectivity index (χ0) is 18.1. The van der Waals surface area contributed by atoms with Crippen LogP contribution < -0.4 is 0 Å². The molecule has 0 bridgehead atoms. The van der Waals surface area contributed by atoms with Gasteiger partial charge in [-0.1, -0.05) is 0 Å². The van der Waals surface area contributed by atoms with Crippen LogP contribution in [0.3, 0.4) is 0 Å². The largest absolute Gasteiger partial charge is 0.462 e. The molecule has 2 fully saturated rings. The summed E-state index contributed by atoms with van der Waals surface area (Å²) in [6, 6.07) is 0. The molecule has 0 spiro atoms. The monoisotopic (exact) mass is 346 g/mol. The average molecular weight is 346 g/mol. The molecule has 0 N–H and O–H groups in total. The Labute approximate surface area is 141 Å². The second-order valence-corrected chi connectivity index (χ2v) is 6.88. The molecule has 138 valence electrons. The van der Waals surface area contributed by atoms with Crippen molar-refractivity contribution in [1.82, 2.24) is 0 Å². The van der Waals surface area contributed by atoms with E-state index in [1.807, 2.05) is 13.8 Å². The van der Waals surface area contributed by atoms with Crippen LogP contribution in [0.5, 0.6) is 0 Å². The lowest BCUT2D eigenvalue weighted by molar-refractivity contribution is -0.179. The van der Waals surface area contributed by atoms with Crippen molar-refractivity contribution in [2.75, 3.05) is 13.2 Å². The Bertz CT molecular complexity index is 486. The van der Waals surface area contributed by atoms with Crippen LogP contribution in [-0.4, -0.2) is 61.1 Å². The summed E-state index contributed by atoms with van der Waals surface area (Å²) in [5, 5.41) is 0.